The van der Waals surface area contributed by atoms with Crippen molar-refractivity contribution in [2.24, 2.45) is 0 Å². The third-order valence-electron chi connectivity index (χ3n) is 1.94. The van der Waals surface area contributed by atoms with Crippen molar-refractivity contribution in [3.8, 4) is 5.75 Å². The Labute approximate surface area is 98.4 Å². The van der Waals surface area contributed by atoms with Gasteiger partial charge in [-0.2, -0.15) is 10.3 Å². The third-order valence-corrected chi connectivity index (χ3v) is 2.93. The SMILES string of the molecule is c1ccc(OCCCSc2cn[nH]n2)cc1. The molecule has 0 unspecified atom stereocenters. The molecule has 0 aliphatic carbocycles. The molecule has 1 aromatic carbocycles. The Hall–Kier alpha value is -1.49. The number of H-pyrrole nitrogens is 1. The number of thioether (sulfide) groups is 1. The van der Waals surface area contributed by atoms with Crippen LogP contribution in [0.3, 0.4) is 0 Å². The molecule has 0 bridgehead atoms. The molecule has 1 N–H and O–H groups in total. The number of aromatic amines is 1. The lowest BCUT2D eigenvalue weighted by molar-refractivity contribution is 0.318. The average Bonchev–Trinajstić information content (AvgIpc) is 2.83. The molecule has 0 amide bonds. The van der Waals surface area contributed by atoms with Crippen molar-refractivity contribution in [2.75, 3.05) is 12.4 Å². The highest BCUT2D eigenvalue weighted by Gasteiger charge is 1.97. The number of rotatable bonds is 6. The van der Waals surface area contributed by atoms with E-state index in [0.717, 1.165) is 29.6 Å². The number of nitrogens with one attached hydrogen (secondary N) is 1. The molecule has 0 radical (unpaired) electrons. The van der Waals surface area contributed by atoms with Crippen molar-refractivity contribution < 1.29 is 4.74 Å². The number of nitrogens with zero attached hydrogens (tertiary/aromatic N) is 2. The lowest BCUT2D eigenvalue weighted by Gasteiger charge is -2.04. The number of para-hydroxylation sites is 1. The first-order valence-corrected chi connectivity index (χ1v) is 6.10. The summed E-state index contributed by atoms with van der Waals surface area (Å²) in [6, 6.07) is 9.85. The fourth-order valence-corrected chi connectivity index (χ4v) is 1.91. The molecule has 4 nitrogen and oxygen atoms in total. The van der Waals surface area contributed by atoms with E-state index >= 15 is 0 Å². The van der Waals surface area contributed by atoms with E-state index in [1.54, 1.807) is 18.0 Å². The van der Waals surface area contributed by atoms with Crippen molar-refractivity contribution >= 4 is 11.8 Å². The second kappa shape index (κ2) is 6.17. The molecule has 2 rings (SSSR count). The molecule has 1 aromatic heterocycles. The minimum atomic E-state index is 0.731. The van der Waals surface area contributed by atoms with Crippen LogP contribution in [0.15, 0.2) is 41.6 Å². The van der Waals surface area contributed by atoms with Gasteiger partial charge in [0.05, 0.1) is 12.8 Å². The molecular formula is C11H13N3OS. The fourth-order valence-electron chi connectivity index (χ4n) is 1.20. The zero-order valence-corrected chi connectivity index (χ0v) is 9.61. The Morgan fingerprint density at radius 2 is 2.12 bits per heavy atom. The van der Waals surface area contributed by atoms with Gasteiger partial charge in [-0.3, -0.25) is 0 Å². The third kappa shape index (κ3) is 3.58. The fraction of sp³-hybridized carbons (Fsp3) is 0.273. The normalized spacial score (nSPS) is 10.2. The first-order valence-electron chi connectivity index (χ1n) is 5.11. The summed E-state index contributed by atoms with van der Waals surface area (Å²) in [5, 5.41) is 11.2. The average molecular weight is 235 g/mol. The second-order valence-electron chi connectivity index (χ2n) is 3.17. The van der Waals surface area contributed by atoms with E-state index in [0.29, 0.717) is 0 Å². The Bertz CT molecular complexity index is 391. The highest BCUT2D eigenvalue weighted by Crippen LogP contribution is 2.14. The van der Waals surface area contributed by atoms with Gasteiger partial charge < -0.3 is 4.74 Å². The maximum Gasteiger partial charge on any atom is 0.138 e. The van der Waals surface area contributed by atoms with Crippen LogP contribution in [-0.4, -0.2) is 27.8 Å². The van der Waals surface area contributed by atoms with Gasteiger partial charge in [0.25, 0.3) is 0 Å². The van der Waals surface area contributed by atoms with E-state index in [4.69, 9.17) is 4.74 Å². The molecule has 0 fully saturated rings. The Morgan fingerprint density at radius 1 is 1.25 bits per heavy atom. The minimum Gasteiger partial charge on any atom is -0.494 e. The van der Waals surface area contributed by atoms with E-state index in [1.807, 2.05) is 30.3 Å². The van der Waals surface area contributed by atoms with Gasteiger partial charge >= 0.3 is 0 Å². The standard InChI is InChI=1S/C11H13N3OS/c1-2-5-10(6-3-1)15-7-4-8-16-11-9-12-14-13-11/h1-3,5-6,9H,4,7-8H2,(H,12,13,14). The molecule has 0 saturated heterocycles. The summed E-state index contributed by atoms with van der Waals surface area (Å²) in [5.74, 6) is 1.91. The van der Waals surface area contributed by atoms with Crippen LogP contribution in [0.2, 0.25) is 0 Å². The van der Waals surface area contributed by atoms with Gasteiger partial charge in [0.2, 0.25) is 0 Å². The van der Waals surface area contributed by atoms with Crippen LogP contribution >= 0.6 is 11.8 Å². The molecule has 16 heavy (non-hydrogen) atoms. The van der Waals surface area contributed by atoms with Crippen LogP contribution in [0.4, 0.5) is 0 Å². The van der Waals surface area contributed by atoms with Crippen LogP contribution in [0.25, 0.3) is 0 Å². The summed E-state index contributed by atoms with van der Waals surface area (Å²) >= 11 is 1.68. The zero-order valence-electron chi connectivity index (χ0n) is 8.80. The topological polar surface area (TPSA) is 50.8 Å². The molecule has 0 aliphatic heterocycles. The number of aromatic nitrogens is 3. The van der Waals surface area contributed by atoms with E-state index in [9.17, 15) is 0 Å². The number of hydrogen-bond acceptors (Lipinski definition) is 4. The molecule has 0 aliphatic rings. The molecule has 5 heteroatoms. The van der Waals surface area contributed by atoms with Gasteiger partial charge in [-0.05, 0) is 18.6 Å². The van der Waals surface area contributed by atoms with E-state index < -0.39 is 0 Å². The summed E-state index contributed by atoms with van der Waals surface area (Å²) in [5.41, 5.74) is 0. The Balaban J connectivity index is 1.59. The van der Waals surface area contributed by atoms with Crippen LogP contribution in [0.5, 0.6) is 5.75 Å². The smallest absolute Gasteiger partial charge is 0.138 e. The lowest BCUT2D eigenvalue weighted by Crippen LogP contribution is -1.98. The summed E-state index contributed by atoms with van der Waals surface area (Å²) in [6.45, 7) is 0.731. The first-order chi connectivity index (χ1) is 7.95. The van der Waals surface area contributed by atoms with Crippen molar-refractivity contribution in [3.63, 3.8) is 0 Å². The lowest BCUT2D eigenvalue weighted by atomic mass is 10.3. The van der Waals surface area contributed by atoms with Crippen molar-refractivity contribution in [1.29, 1.82) is 0 Å². The maximum atomic E-state index is 5.57. The zero-order chi connectivity index (χ0) is 11.1. The van der Waals surface area contributed by atoms with E-state index in [2.05, 4.69) is 15.4 Å². The van der Waals surface area contributed by atoms with Crippen LogP contribution < -0.4 is 4.74 Å². The molecule has 2 aromatic rings. The molecule has 0 spiro atoms. The first kappa shape index (κ1) is 11.0. The maximum absolute atomic E-state index is 5.57. The minimum absolute atomic E-state index is 0.731. The van der Waals surface area contributed by atoms with Crippen molar-refractivity contribution in [3.05, 3.63) is 36.5 Å². The second-order valence-corrected chi connectivity index (χ2v) is 4.29. The van der Waals surface area contributed by atoms with Gasteiger partial charge in [0.15, 0.2) is 0 Å². The van der Waals surface area contributed by atoms with Gasteiger partial charge in [-0.1, -0.05) is 18.2 Å². The van der Waals surface area contributed by atoms with Crippen LogP contribution in [0.1, 0.15) is 6.42 Å². The molecule has 0 saturated carbocycles. The summed E-state index contributed by atoms with van der Waals surface area (Å²) in [6.07, 6.45) is 2.72. The van der Waals surface area contributed by atoms with Crippen molar-refractivity contribution in [2.45, 2.75) is 11.4 Å². The van der Waals surface area contributed by atoms with Gasteiger partial charge in [0, 0.05) is 5.75 Å². The molecule has 84 valence electrons. The quantitative estimate of drug-likeness (QED) is 0.617. The molecule has 1 heterocycles. The predicted molar refractivity (Wildman–Crippen MR) is 63.7 cm³/mol. The Kier molecular flexibility index (Phi) is 4.25. The van der Waals surface area contributed by atoms with Gasteiger partial charge in [0.1, 0.15) is 10.8 Å². The summed E-state index contributed by atoms with van der Waals surface area (Å²) in [7, 11) is 0. The van der Waals surface area contributed by atoms with Crippen molar-refractivity contribution in [1.82, 2.24) is 15.4 Å². The number of benzene rings is 1. The molecule has 0 atom stereocenters. The van der Waals surface area contributed by atoms with E-state index in [1.165, 1.54) is 0 Å². The van der Waals surface area contributed by atoms with Gasteiger partial charge in [-0.25, -0.2) is 0 Å². The molecular weight excluding hydrogens is 222 g/mol. The predicted octanol–water partition coefficient (Wildman–Crippen LogP) is 2.37. The Morgan fingerprint density at radius 3 is 2.88 bits per heavy atom. The van der Waals surface area contributed by atoms with Crippen LogP contribution in [0, 0.1) is 0 Å². The van der Waals surface area contributed by atoms with Crippen LogP contribution in [-0.2, 0) is 0 Å². The largest absolute Gasteiger partial charge is 0.494 e. The van der Waals surface area contributed by atoms with Gasteiger partial charge in [-0.15, -0.1) is 16.9 Å². The summed E-state index contributed by atoms with van der Waals surface area (Å²) < 4.78 is 5.57. The number of ether oxygens (including phenoxy) is 1. The highest BCUT2D eigenvalue weighted by molar-refractivity contribution is 7.99. The highest BCUT2D eigenvalue weighted by atomic mass is 32.2. The summed E-state index contributed by atoms with van der Waals surface area (Å²) in [4.78, 5) is 0. The monoisotopic (exact) mass is 235 g/mol. The number of hydrogen-bond donors (Lipinski definition) is 1. The van der Waals surface area contributed by atoms with E-state index in [-0.39, 0.29) is 0 Å².